The molecule has 3 atom stereocenters. The van der Waals surface area contributed by atoms with Crippen molar-refractivity contribution in [1.82, 2.24) is 15.6 Å². The zero-order chi connectivity index (χ0) is 23.2. The number of benzene rings is 1. The van der Waals surface area contributed by atoms with E-state index in [1.54, 1.807) is 0 Å². The van der Waals surface area contributed by atoms with E-state index in [2.05, 4.69) is 52.0 Å². The van der Waals surface area contributed by atoms with E-state index in [4.69, 9.17) is 9.72 Å². The molecule has 0 aliphatic carbocycles. The standard InChI is InChI=1S/C26H31N5O2S/c1-3-16-7-9-21-23(27-2)24(34-26(21)30-16)25(32)29-19-10-15-4-8-20(11-22(15)33-14-19)31-12-17-5-6-18(13-31)28-17/h4,7-9,11,17-19,27-28H,3,5-6,10,12-14H2,1-2H3,(H,29,32). The Morgan fingerprint density at radius 1 is 1.24 bits per heavy atom. The number of thiophene rings is 1. The van der Waals surface area contributed by atoms with Crippen LogP contribution in [0.1, 0.15) is 40.7 Å². The van der Waals surface area contributed by atoms with Crippen LogP contribution in [0.25, 0.3) is 10.2 Å². The lowest BCUT2D eigenvalue weighted by molar-refractivity contribution is 0.0920. The van der Waals surface area contributed by atoms with Gasteiger partial charge < -0.3 is 25.6 Å². The molecule has 1 amide bonds. The fourth-order valence-corrected chi connectivity index (χ4v) is 6.63. The van der Waals surface area contributed by atoms with Gasteiger partial charge in [0.1, 0.15) is 22.1 Å². The molecule has 5 heterocycles. The van der Waals surface area contributed by atoms with E-state index in [0.717, 1.165) is 58.8 Å². The summed E-state index contributed by atoms with van der Waals surface area (Å²) in [5.41, 5.74) is 4.27. The highest BCUT2D eigenvalue weighted by molar-refractivity contribution is 7.21. The van der Waals surface area contributed by atoms with Gasteiger partial charge in [-0.3, -0.25) is 4.79 Å². The number of aryl methyl sites for hydroxylation is 1. The van der Waals surface area contributed by atoms with E-state index in [9.17, 15) is 4.79 Å². The summed E-state index contributed by atoms with van der Waals surface area (Å²) in [4.78, 5) is 22.0. The van der Waals surface area contributed by atoms with Gasteiger partial charge in [0.25, 0.3) is 5.91 Å². The molecule has 2 bridgehead atoms. The number of ether oxygens (including phenoxy) is 1. The van der Waals surface area contributed by atoms with E-state index in [1.165, 1.54) is 29.9 Å². The van der Waals surface area contributed by atoms with Gasteiger partial charge in [0.15, 0.2) is 0 Å². The summed E-state index contributed by atoms with van der Waals surface area (Å²) in [7, 11) is 1.85. The molecule has 0 spiro atoms. The lowest BCUT2D eigenvalue weighted by atomic mass is 10.0. The molecule has 1 aromatic carbocycles. The Balaban J connectivity index is 1.16. The van der Waals surface area contributed by atoms with E-state index < -0.39 is 0 Å². The lowest BCUT2D eigenvalue weighted by Crippen LogP contribution is -2.51. The van der Waals surface area contributed by atoms with Crippen molar-refractivity contribution in [2.24, 2.45) is 0 Å². The monoisotopic (exact) mass is 477 g/mol. The summed E-state index contributed by atoms with van der Waals surface area (Å²) in [5, 5.41) is 11.1. The number of anilines is 2. The molecule has 3 aromatic rings. The zero-order valence-corrected chi connectivity index (χ0v) is 20.5. The summed E-state index contributed by atoms with van der Waals surface area (Å²) in [6, 6.07) is 11.8. The first-order valence-electron chi connectivity index (χ1n) is 12.3. The maximum Gasteiger partial charge on any atom is 0.263 e. The first-order valence-corrected chi connectivity index (χ1v) is 13.1. The van der Waals surface area contributed by atoms with Crippen molar-refractivity contribution >= 4 is 38.8 Å². The minimum Gasteiger partial charge on any atom is -0.491 e. The maximum absolute atomic E-state index is 13.2. The van der Waals surface area contributed by atoms with Crippen molar-refractivity contribution < 1.29 is 9.53 Å². The molecule has 0 saturated carbocycles. The van der Waals surface area contributed by atoms with Gasteiger partial charge in [-0.25, -0.2) is 4.98 Å². The summed E-state index contributed by atoms with van der Waals surface area (Å²) in [6.07, 6.45) is 4.19. The number of amides is 1. The van der Waals surface area contributed by atoms with Gasteiger partial charge in [-0.05, 0) is 49.4 Å². The zero-order valence-electron chi connectivity index (χ0n) is 19.7. The highest BCUT2D eigenvalue weighted by Gasteiger charge is 2.33. The highest BCUT2D eigenvalue weighted by atomic mass is 32.1. The predicted molar refractivity (Wildman–Crippen MR) is 138 cm³/mol. The molecule has 178 valence electrons. The number of aromatic nitrogens is 1. The molecule has 0 radical (unpaired) electrons. The van der Waals surface area contributed by atoms with Gasteiger partial charge in [-0.2, -0.15) is 0 Å². The van der Waals surface area contributed by atoms with Crippen LogP contribution in [0.5, 0.6) is 5.75 Å². The fraction of sp³-hybridized carbons (Fsp3) is 0.462. The number of nitrogens with one attached hydrogen (secondary N) is 3. The minimum atomic E-state index is -0.0737. The third-order valence-electron chi connectivity index (χ3n) is 7.31. The topological polar surface area (TPSA) is 78.5 Å². The molecule has 3 N–H and O–H groups in total. The third kappa shape index (κ3) is 3.88. The molecule has 3 aliphatic rings. The van der Waals surface area contributed by atoms with Crippen LogP contribution in [0.3, 0.4) is 0 Å². The Bertz CT molecular complexity index is 1230. The first kappa shape index (κ1) is 21.7. The van der Waals surface area contributed by atoms with Gasteiger partial charge in [0.05, 0.1) is 11.7 Å². The number of piperazine rings is 1. The van der Waals surface area contributed by atoms with Crippen LogP contribution in [-0.2, 0) is 12.8 Å². The number of carbonyl (C=O) groups excluding carboxylic acids is 1. The Kier molecular flexibility index (Phi) is 5.57. The van der Waals surface area contributed by atoms with Crippen LogP contribution in [0.2, 0.25) is 0 Å². The van der Waals surface area contributed by atoms with Gasteiger partial charge in [-0.15, -0.1) is 11.3 Å². The molecule has 2 fully saturated rings. The van der Waals surface area contributed by atoms with Gasteiger partial charge in [0.2, 0.25) is 0 Å². The number of rotatable bonds is 5. The Hall–Kier alpha value is -2.84. The van der Waals surface area contributed by atoms with Crippen LogP contribution < -0.4 is 25.6 Å². The second kappa shape index (κ2) is 8.74. The van der Waals surface area contributed by atoms with Gasteiger partial charge >= 0.3 is 0 Å². The number of pyridine rings is 1. The molecule has 7 nitrogen and oxygen atoms in total. The second-order valence-corrected chi connectivity index (χ2v) is 10.6. The Labute approximate surface area is 203 Å². The quantitative estimate of drug-likeness (QED) is 0.522. The average Bonchev–Trinajstić information content (AvgIpc) is 3.41. The van der Waals surface area contributed by atoms with Crippen molar-refractivity contribution in [2.75, 3.05) is 37.0 Å². The molecule has 3 aliphatic heterocycles. The van der Waals surface area contributed by atoms with Crippen molar-refractivity contribution in [3.63, 3.8) is 0 Å². The van der Waals surface area contributed by atoms with Crippen LogP contribution in [0.15, 0.2) is 30.3 Å². The van der Waals surface area contributed by atoms with Crippen LogP contribution in [-0.4, -0.2) is 55.8 Å². The lowest BCUT2D eigenvalue weighted by Gasteiger charge is -2.35. The number of carbonyl (C=O) groups is 1. The SMILES string of the molecule is CCc1ccc2c(NC)c(C(=O)NC3COc4cc(N5CC6CCC(C5)N6)ccc4C3)sc2n1. The van der Waals surface area contributed by atoms with E-state index >= 15 is 0 Å². The third-order valence-corrected chi connectivity index (χ3v) is 8.40. The predicted octanol–water partition coefficient (Wildman–Crippen LogP) is 3.57. The number of fused-ring (bicyclic) bond motifs is 4. The number of nitrogens with zero attached hydrogens (tertiary/aromatic N) is 2. The molecular weight excluding hydrogens is 446 g/mol. The normalized spacial score (nSPS) is 23.5. The number of hydrogen-bond acceptors (Lipinski definition) is 7. The highest BCUT2D eigenvalue weighted by Crippen LogP contribution is 2.36. The van der Waals surface area contributed by atoms with E-state index in [-0.39, 0.29) is 11.9 Å². The molecule has 2 aromatic heterocycles. The first-order chi connectivity index (χ1) is 16.6. The van der Waals surface area contributed by atoms with Crippen molar-refractivity contribution in [2.45, 2.75) is 50.7 Å². The van der Waals surface area contributed by atoms with Crippen molar-refractivity contribution in [3.05, 3.63) is 46.5 Å². The van der Waals surface area contributed by atoms with Gasteiger partial charge in [0, 0.05) is 55.1 Å². The molecule has 6 rings (SSSR count). The summed E-state index contributed by atoms with van der Waals surface area (Å²) < 4.78 is 6.14. The molecular formula is C26H31N5O2S. The fourth-order valence-electron chi connectivity index (χ4n) is 5.53. The minimum absolute atomic E-state index is 0.0602. The van der Waals surface area contributed by atoms with Gasteiger partial charge in [-0.1, -0.05) is 13.0 Å². The van der Waals surface area contributed by atoms with Crippen LogP contribution in [0, 0.1) is 0 Å². The largest absolute Gasteiger partial charge is 0.491 e. The average molecular weight is 478 g/mol. The summed E-state index contributed by atoms with van der Waals surface area (Å²) >= 11 is 1.45. The van der Waals surface area contributed by atoms with Crippen LogP contribution >= 0.6 is 11.3 Å². The van der Waals surface area contributed by atoms with Crippen molar-refractivity contribution in [3.8, 4) is 5.75 Å². The maximum atomic E-state index is 13.2. The Morgan fingerprint density at radius 2 is 2.06 bits per heavy atom. The Morgan fingerprint density at radius 3 is 2.82 bits per heavy atom. The summed E-state index contributed by atoms with van der Waals surface area (Å²) in [6.45, 7) is 4.69. The second-order valence-electron chi connectivity index (χ2n) is 9.59. The molecule has 3 unspecified atom stereocenters. The van der Waals surface area contributed by atoms with Crippen molar-refractivity contribution in [1.29, 1.82) is 0 Å². The molecule has 8 heteroatoms. The molecule has 2 saturated heterocycles. The van der Waals surface area contributed by atoms with E-state index in [1.807, 2.05) is 13.1 Å². The number of hydrogen-bond donors (Lipinski definition) is 3. The smallest absolute Gasteiger partial charge is 0.263 e. The van der Waals surface area contributed by atoms with Crippen LogP contribution in [0.4, 0.5) is 11.4 Å². The summed E-state index contributed by atoms with van der Waals surface area (Å²) in [5.74, 6) is 0.873. The molecule has 34 heavy (non-hydrogen) atoms. The van der Waals surface area contributed by atoms with E-state index in [0.29, 0.717) is 23.6 Å².